The summed E-state index contributed by atoms with van der Waals surface area (Å²) in [5.41, 5.74) is 2.39. The summed E-state index contributed by atoms with van der Waals surface area (Å²) in [4.78, 5) is 37.4. The van der Waals surface area contributed by atoms with Gasteiger partial charge in [-0.05, 0) is 37.0 Å². The number of hydrogen-bond acceptors (Lipinski definition) is 6. The fourth-order valence-corrected chi connectivity index (χ4v) is 3.93. The Hall–Kier alpha value is -2.97. The average molecular weight is 405 g/mol. The second-order valence-corrected chi connectivity index (χ2v) is 7.28. The molecule has 29 heavy (non-hydrogen) atoms. The summed E-state index contributed by atoms with van der Waals surface area (Å²) in [6, 6.07) is 2.96. The number of methoxy groups -OCH3 is 3. The smallest absolute Gasteiger partial charge is 0.344 e. The van der Waals surface area contributed by atoms with Gasteiger partial charge >= 0.3 is 6.03 Å². The Balaban J connectivity index is 1.63. The molecule has 9 nitrogen and oxygen atoms in total. The minimum atomic E-state index is -0.862. The molecule has 1 heterocycles. The van der Waals surface area contributed by atoms with Crippen molar-refractivity contribution >= 4 is 17.8 Å². The van der Waals surface area contributed by atoms with E-state index in [1.807, 2.05) is 0 Å². The molecule has 3 rings (SSSR count). The monoisotopic (exact) mass is 405 g/mol. The molecule has 1 aromatic rings. The molecule has 1 aliphatic heterocycles. The second kappa shape index (κ2) is 8.59. The molecule has 0 unspecified atom stereocenters. The maximum atomic E-state index is 12.7. The van der Waals surface area contributed by atoms with Gasteiger partial charge in [0.15, 0.2) is 11.5 Å². The molecule has 9 heteroatoms. The predicted octanol–water partition coefficient (Wildman–Crippen LogP) is 1.93. The third-order valence-electron chi connectivity index (χ3n) is 5.47. The Bertz CT molecular complexity index is 778. The van der Waals surface area contributed by atoms with Crippen LogP contribution >= 0.6 is 0 Å². The lowest BCUT2D eigenvalue weighted by molar-refractivity contribution is -0.139. The van der Waals surface area contributed by atoms with Gasteiger partial charge in [-0.1, -0.05) is 19.3 Å². The number of nitrogens with zero attached hydrogens (tertiary/aromatic N) is 1. The van der Waals surface area contributed by atoms with Crippen molar-refractivity contribution in [3.8, 4) is 17.2 Å². The van der Waals surface area contributed by atoms with Crippen LogP contribution in [0.2, 0.25) is 0 Å². The molecule has 0 radical (unpaired) electrons. The molecule has 158 valence electrons. The highest BCUT2D eigenvalue weighted by molar-refractivity contribution is 6.08. The van der Waals surface area contributed by atoms with Crippen molar-refractivity contribution in [1.29, 1.82) is 0 Å². The first kappa shape index (κ1) is 20.8. The molecular weight excluding hydrogens is 378 g/mol. The molecular formula is C20H27N3O6. The Morgan fingerprint density at radius 1 is 1.07 bits per heavy atom. The number of hydrazine groups is 1. The van der Waals surface area contributed by atoms with Gasteiger partial charge in [0.1, 0.15) is 5.54 Å². The van der Waals surface area contributed by atoms with Crippen LogP contribution in [-0.2, 0) is 16.0 Å². The summed E-state index contributed by atoms with van der Waals surface area (Å²) in [5.74, 6) is 0.671. The molecule has 0 atom stereocenters. The highest BCUT2D eigenvalue weighted by atomic mass is 16.5. The van der Waals surface area contributed by atoms with E-state index in [-0.39, 0.29) is 12.3 Å². The van der Waals surface area contributed by atoms with Gasteiger partial charge in [0.05, 0.1) is 21.3 Å². The van der Waals surface area contributed by atoms with Gasteiger partial charge in [-0.25, -0.2) is 4.79 Å². The van der Waals surface area contributed by atoms with Gasteiger partial charge in [0.25, 0.3) is 5.91 Å². The van der Waals surface area contributed by atoms with Crippen molar-refractivity contribution in [3.63, 3.8) is 0 Å². The summed E-state index contributed by atoms with van der Waals surface area (Å²) in [6.07, 6.45) is 4.49. The van der Waals surface area contributed by atoms with Gasteiger partial charge in [0, 0.05) is 6.42 Å². The van der Waals surface area contributed by atoms with Crippen LogP contribution in [0.25, 0.3) is 0 Å². The number of hydrogen-bond donors (Lipinski definition) is 2. The number of carbonyl (C=O) groups is 3. The number of imide groups is 1. The summed E-state index contributed by atoms with van der Waals surface area (Å²) >= 11 is 0. The largest absolute Gasteiger partial charge is 0.493 e. The summed E-state index contributed by atoms with van der Waals surface area (Å²) in [7, 11) is 4.56. The normalized spacial score (nSPS) is 17.8. The van der Waals surface area contributed by atoms with Crippen LogP contribution in [-0.4, -0.2) is 49.7 Å². The number of benzene rings is 1. The van der Waals surface area contributed by atoms with E-state index in [1.165, 1.54) is 21.3 Å². The Labute approximate surface area is 169 Å². The lowest BCUT2D eigenvalue weighted by Crippen LogP contribution is -2.51. The Morgan fingerprint density at radius 3 is 2.24 bits per heavy atom. The molecule has 2 N–H and O–H groups in total. The quantitative estimate of drug-likeness (QED) is 0.672. The number of rotatable bonds is 7. The minimum Gasteiger partial charge on any atom is -0.493 e. The lowest BCUT2D eigenvalue weighted by Gasteiger charge is -2.30. The van der Waals surface area contributed by atoms with Gasteiger partial charge < -0.3 is 19.5 Å². The second-order valence-electron chi connectivity index (χ2n) is 7.28. The molecule has 4 amide bonds. The first-order chi connectivity index (χ1) is 13.9. The predicted molar refractivity (Wildman–Crippen MR) is 104 cm³/mol. The number of aryl methyl sites for hydroxylation is 1. The summed E-state index contributed by atoms with van der Waals surface area (Å²) in [6.45, 7) is 0. The molecule has 0 bridgehead atoms. The number of amides is 4. The maximum Gasteiger partial charge on any atom is 0.344 e. The van der Waals surface area contributed by atoms with Crippen LogP contribution < -0.4 is 25.0 Å². The van der Waals surface area contributed by atoms with Crippen molar-refractivity contribution in [2.24, 2.45) is 0 Å². The Kier molecular flexibility index (Phi) is 6.14. The molecule has 1 saturated carbocycles. The van der Waals surface area contributed by atoms with E-state index in [2.05, 4.69) is 10.7 Å². The number of carbonyl (C=O) groups excluding carboxylic acids is 3. The van der Waals surface area contributed by atoms with Crippen molar-refractivity contribution in [2.75, 3.05) is 21.3 Å². The van der Waals surface area contributed by atoms with Gasteiger partial charge in [0.2, 0.25) is 11.7 Å². The summed E-state index contributed by atoms with van der Waals surface area (Å²) in [5, 5.41) is 3.59. The average Bonchev–Trinajstić information content (AvgIpc) is 2.95. The number of nitrogens with one attached hydrogen (secondary N) is 2. The van der Waals surface area contributed by atoms with Crippen LogP contribution in [0.3, 0.4) is 0 Å². The van der Waals surface area contributed by atoms with E-state index in [1.54, 1.807) is 12.1 Å². The molecule has 0 aromatic heterocycles. The van der Waals surface area contributed by atoms with Gasteiger partial charge in [-0.2, -0.15) is 5.01 Å². The number of ether oxygens (including phenoxy) is 3. The fourth-order valence-electron chi connectivity index (χ4n) is 3.93. The highest BCUT2D eigenvalue weighted by Crippen LogP contribution is 2.38. The van der Waals surface area contributed by atoms with Crippen LogP contribution in [0.15, 0.2) is 12.1 Å². The first-order valence-electron chi connectivity index (χ1n) is 9.69. The van der Waals surface area contributed by atoms with Crippen LogP contribution in [0.1, 0.15) is 44.1 Å². The van der Waals surface area contributed by atoms with E-state index >= 15 is 0 Å². The van der Waals surface area contributed by atoms with Crippen molar-refractivity contribution in [2.45, 2.75) is 50.5 Å². The topological polar surface area (TPSA) is 106 Å². The van der Waals surface area contributed by atoms with Crippen molar-refractivity contribution in [3.05, 3.63) is 17.7 Å². The van der Waals surface area contributed by atoms with E-state index in [4.69, 9.17) is 14.2 Å². The number of urea groups is 1. The van der Waals surface area contributed by atoms with E-state index in [9.17, 15) is 14.4 Å². The van der Waals surface area contributed by atoms with Gasteiger partial charge in [-0.15, -0.1) is 0 Å². The fraction of sp³-hybridized carbons (Fsp3) is 0.550. The zero-order chi connectivity index (χ0) is 21.0. The van der Waals surface area contributed by atoms with Crippen LogP contribution in [0.5, 0.6) is 17.2 Å². The Morgan fingerprint density at radius 2 is 1.69 bits per heavy atom. The van der Waals surface area contributed by atoms with E-state index in [0.29, 0.717) is 36.5 Å². The molecule has 1 spiro atoms. The molecule has 2 aliphatic rings. The van der Waals surface area contributed by atoms with Crippen molar-refractivity contribution in [1.82, 2.24) is 15.8 Å². The zero-order valence-corrected chi connectivity index (χ0v) is 17.0. The minimum absolute atomic E-state index is 0.0860. The molecule has 1 aliphatic carbocycles. The first-order valence-corrected chi connectivity index (χ1v) is 9.69. The SMILES string of the molecule is COc1cc(CCC(=O)NN2C(=O)NC3(CCCCC3)C2=O)cc(OC)c1OC. The van der Waals surface area contributed by atoms with Gasteiger partial charge in [-0.3, -0.25) is 15.0 Å². The molecule has 2 fully saturated rings. The van der Waals surface area contributed by atoms with Crippen LogP contribution in [0, 0.1) is 0 Å². The van der Waals surface area contributed by atoms with Crippen molar-refractivity contribution < 1.29 is 28.6 Å². The maximum absolute atomic E-state index is 12.7. The van der Waals surface area contributed by atoms with E-state index < -0.39 is 17.5 Å². The lowest BCUT2D eigenvalue weighted by atomic mass is 9.82. The summed E-state index contributed by atoms with van der Waals surface area (Å²) < 4.78 is 15.9. The molecule has 1 saturated heterocycles. The van der Waals surface area contributed by atoms with E-state index in [0.717, 1.165) is 29.8 Å². The van der Waals surface area contributed by atoms with Crippen LogP contribution in [0.4, 0.5) is 4.79 Å². The third-order valence-corrected chi connectivity index (χ3v) is 5.47. The standard InChI is InChI=1S/C20H27N3O6/c1-27-14-11-13(12-15(28-2)17(14)29-3)7-8-16(24)22-23-18(25)20(21-19(23)26)9-5-4-6-10-20/h11-12H,4-10H2,1-3H3,(H,21,26)(H,22,24). The molecule has 1 aromatic carbocycles. The zero-order valence-electron chi connectivity index (χ0n) is 17.0. The highest BCUT2D eigenvalue weighted by Gasteiger charge is 2.52. The third kappa shape index (κ3) is 4.08.